The Labute approximate surface area is 415 Å². The van der Waals surface area contributed by atoms with Crippen molar-refractivity contribution >= 4 is 17.9 Å². The van der Waals surface area contributed by atoms with Crippen LogP contribution in [0.25, 0.3) is 0 Å². The zero-order chi connectivity index (χ0) is 48.6. The van der Waals surface area contributed by atoms with E-state index in [4.69, 9.17) is 14.2 Å². The molecule has 0 aliphatic rings. The van der Waals surface area contributed by atoms with Crippen molar-refractivity contribution in [3.63, 3.8) is 0 Å². The molecule has 1 atom stereocenters. The third kappa shape index (κ3) is 53.9. The van der Waals surface area contributed by atoms with Crippen LogP contribution in [0, 0.1) is 0 Å². The van der Waals surface area contributed by atoms with Gasteiger partial charge in [-0.2, -0.15) is 0 Å². The Morgan fingerprint density at radius 3 is 0.940 bits per heavy atom. The van der Waals surface area contributed by atoms with E-state index in [-0.39, 0.29) is 37.5 Å². The topological polar surface area (TPSA) is 78.9 Å². The molecule has 0 bridgehead atoms. The van der Waals surface area contributed by atoms with Crippen molar-refractivity contribution in [3.8, 4) is 0 Å². The van der Waals surface area contributed by atoms with Gasteiger partial charge in [-0.05, 0) is 83.5 Å². The molecule has 0 radical (unpaired) electrons. The van der Waals surface area contributed by atoms with Gasteiger partial charge in [0.2, 0.25) is 0 Å². The van der Waals surface area contributed by atoms with Crippen LogP contribution in [0.3, 0.4) is 0 Å². The van der Waals surface area contributed by atoms with Crippen molar-refractivity contribution in [1.82, 2.24) is 0 Å². The second kappa shape index (κ2) is 55.7. The predicted octanol–water partition coefficient (Wildman–Crippen LogP) is 19.2. The van der Waals surface area contributed by atoms with Gasteiger partial charge in [0.15, 0.2) is 6.10 Å². The Bertz CT molecular complexity index is 1210. The van der Waals surface area contributed by atoms with Crippen molar-refractivity contribution in [1.29, 1.82) is 0 Å². The number of esters is 3. The molecule has 0 fully saturated rings. The smallest absolute Gasteiger partial charge is 0.306 e. The summed E-state index contributed by atoms with van der Waals surface area (Å²) in [7, 11) is 0. The van der Waals surface area contributed by atoms with Crippen LogP contribution in [-0.4, -0.2) is 37.2 Å². The maximum absolute atomic E-state index is 12.8. The molecule has 0 unspecified atom stereocenters. The van der Waals surface area contributed by atoms with E-state index >= 15 is 0 Å². The predicted molar refractivity (Wildman–Crippen MR) is 288 cm³/mol. The van der Waals surface area contributed by atoms with Gasteiger partial charge in [0.1, 0.15) is 13.2 Å². The summed E-state index contributed by atoms with van der Waals surface area (Å²) in [5.74, 6) is -0.939. The third-order valence-corrected chi connectivity index (χ3v) is 12.5. The lowest BCUT2D eigenvalue weighted by atomic mass is 10.0. The average molecular weight is 938 g/mol. The number of allylic oxidation sites excluding steroid dienone is 10. The number of rotatable bonds is 52. The highest BCUT2D eigenvalue weighted by molar-refractivity contribution is 5.71. The zero-order valence-electron chi connectivity index (χ0n) is 44.4. The van der Waals surface area contributed by atoms with Gasteiger partial charge < -0.3 is 14.2 Å². The summed E-state index contributed by atoms with van der Waals surface area (Å²) in [6, 6.07) is 0. The van der Waals surface area contributed by atoms with Gasteiger partial charge in [0, 0.05) is 19.3 Å². The molecule has 0 aromatic carbocycles. The van der Waals surface area contributed by atoms with Crippen molar-refractivity contribution < 1.29 is 28.6 Å². The summed E-state index contributed by atoms with van der Waals surface area (Å²) in [5, 5.41) is 0. The van der Waals surface area contributed by atoms with Crippen LogP contribution in [0.15, 0.2) is 60.8 Å². The molecule has 0 saturated carbocycles. The maximum atomic E-state index is 12.8. The van der Waals surface area contributed by atoms with Crippen molar-refractivity contribution in [2.24, 2.45) is 0 Å². The van der Waals surface area contributed by atoms with E-state index in [0.717, 1.165) is 64.2 Å². The molecule has 0 spiro atoms. The first-order valence-corrected chi connectivity index (χ1v) is 28.8. The van der Waals surface area contributed by atoms with Crippen LogP contribution in [0.4, 0.5) is 0 Å². The first-order chi connectivity index (χ1) is 33.0. The minimum atomic E-state index is -0.794. The Hall–Kier alpha value is -2.89. The highest BCUT2D eigenvalue weighted by Gasteiger charge is 2.19. The minimum absolute atomic E-state index is 0.0897. The summed E-state index contributed by atoms with van der Waals surface area (Å²) in [4.78, 5) is 38.1. The van der Waals surface area contributed by atoms with Crippen LogP contribution in [-0.2, 0) is 28.6 Å². The van der Waals surface area contributed by atoms with Crippen LogP contribution in [0.5, 0.6) is 0 Å². The summed E-state index contributed by atoms with van der Waals surface area (Å²) in [5.41, 5.74) is 0. The van der Waals surface area contributed by atoms with Crippen molar-refractivity contribution in [3.05, 3.63) is 60.8 Å². The van der Waals surface area contributed by atoms with Gasteiger partial charge in [0.05, 0.1) is 0 Å². The number of carbonyl (C=O) groups is 3. The van der Waals surface area contributed by atoms with Gasteiger partial charge in [-0.1, -0.05) is 248 Å². The maximum Gasteiger partial charge on any atom is 0.306 e. The number of ether oxygens (including phenoxy) is 3. The second-order valence-electron chi connectivity index (χ2n) is 19.2. The standard InChI is InChI=1S/C61H108O6/c1-4-7-10-13-16-19-22-25-27-29-30-32-34-37-39-42-45-48-51-54-60(63)66-57-58(67-61(64)55-52-49-46-43-40-35-24-21-18-15-12-9-6-3)56-65-59(62)53-50-47-44-41-38-36-33-31-28-26-23-20-17-14-11-8-5-2/h17,20,25-28,33,36,41,44,58H,4-16,18-19,21-24,29-32,34-35,37-40,42-43,45-57H2,1-3H3/b20-17-,27-25-,28-26-,36-33-,44-41-/t58-/m1/s1. The fraction of sp³-hybridized carbons (Fsp3) is 0.787. The lowest BCUT2D eigenvalue weighted by molar-refractivity contribution is -0.167. The molecule has 0 N–H and O–H groups in total. The van der Waals surface area contributed by atoms with E-state index in [2.05, 4.69) is 81.5 Å². The van der Waals surface area contributed by atoms with E-state index < -0.39 is 6.10 Å². The number of hydrogen-bond acceptors (Lipinski definition) is 6. The Balaban J connectivity index is 4.41. The molecule has 6 nitrogen and oxygen atoms in total. The van der Waals surface area contributed by atoms with Crippen LogP contribution < -0.4 is 0 Å². The van der Waals surface area contributed by atoms with E-state index in [9.17, 15) is 14.4 Å². The largest absolute Gasteiger partial charge is 0.462 e. The molecule has 0 heterocycles. The molecule has 0 amide bonds. The molecule has 67 heavy (non-hydrogen) atoms. The van der Waals surface area contributed by atoms with Gasteiger partial charge in [0.25, 0.3) is 0 Å². The molecule has 0 rings (SSSR count). The van der Waals surface area contributed by atoms with E-state index in [1.165, 1.54) is 180 Å². The van der Waals surface area contributed by atoms with Crippen molar-refractivity contribution in [2.45, 2.75) is 297 Å². The van der Waals surface area contributed by atoms with Crippen LogP contribution >= 0.6 is 0 Å². The van der Waals surface area contributed by atoms with E-state index in [1.807, 2.05) is 0 Å². The highest BCUT2D eigenvalue weighted by atomic mass is 16.6. The molecular weight excluding hydrogens is 829 g/mol. The molecule has 6 heteroatoms. The highest BCUT2D eigenvalue weighted by Crippen LogP contribution is 2.16. The molecule has 0 aliphatic carbocycles. The Morgan fingerprint density at radius 2 is 0.552 bits per heavy atom. The van der Waals surface area contributed by atoms with Crippen molar-refractivity contribution in [2.75, 3.05) is 13.2 Å². The Morgan fingerprint density at radius 1 is 0.299 bits per heavy atom. The first kappa shape index (κ1) is 64.1. The zero-order valence-corrected chi connectivity index (χ0v) is 44.4. The Kier molecular flexibility index (Phi) is 53.3. The number of hydrogen-bond donors (Lipinski definition) is 0. The number of carbonyl (C=O) groups excluding carboxylic acids is 3. The molecule has 0 aliphatic heterocycles. The van der Waals surface area contributed by atoms with Crippen LogP contribution in [0.1, 0.15) is 290 Å². The van der Waals surface area contributed by atoms with Gasteiger partial charge in [-0.3, -0.25) is 14.4 Å². The number of unbranched alkanes of at least 4 members (excludes halogenated alkanes) is 31. The molecule has 0 aromatic heterocycles. The molecule has 0 aromatic rings. The summed E-state index contributed by atoms with van der Waals surface area (Å²) >= 11 is 0. The fourth-order valence-corrected chi connectivity index (χ4v) is 8.14. The molecular formula is C61H108O6. The summed E-state index contributed by atoms with van der Waals surface area (Å²) in [6.07, 6.45) is 69.3. The molecule has 388 valence electrons. The second-order valence-corrected chi connectivity index (χ2v) is 19.2. The van der Waals surface area contributed by atoms with Crippen LogP contribution in [0.2, 0.25) is 0 Å². The normalized spacial score (nSPS) is 12.5. The third-order valence-electron chi connectivity index (χ3n) is 12.5. The van der Waals surface area contributed by atoms with Gasteiger partial charge in [-0.25, -0.2) is 0 Å². The summed E-state index contributed by atoms with van der Waals surface area (Å²) in [6.45, 7) is 6.58. The minimum Gasteiger partial charge on any atom is -0.462 e. The lowest BCUT2D eigenvalue weighted by Gasteiger charge is -2.18. The van der Waals surface area contributed by atoms with Gasteiger partial charge in [-0.15, -0.1) is 0 Å². The first-order valence-electron chi connectivity index (χ1n) is 28.8. The SMILES string of the molecule is CCCCC/C=C\C/C=C\C/C=C\C/C=C\CCCC(=O)OC[C@H](COC(=O)CCCCCCCCCCC/C=C\CCCCCCCC)OC(=O)CCCCCCCCCCCCCCC. The van der Waals surface area contributed by atoms with E-state index in [0.29, 0.717) is 19.3 Å². The van der Waals surface area contributed by atoms with Gasteiger partial charge >= 0.3 is 17.9 Å². The van der Waals surface area contributed by atoms with E-state index in [1.54, 1.807) is 0 Å². The monoisotopic (exact) mass is 937 g/mol. The average Bonchev–Trinajstić information content (AvgIpc) is 3.33. The quantitative estimate of drug-likeness (QED) is 0.0262. The molecule has 0 saturated heterocycles. The lowest BCUT2D eigenvalue weighted by Crippen LogP contribution is -2.30. The fourth-order valence-electron chi connectivity index (χ4n) is 8.14. The summed E-state index contributed by atoms with van der Waals surface area (Å²) < 4.78 is 16.8.